The van der Waals surface area contributed by atoms with Crippen LogP contribution in [-0.4, -0.2) is 4.98 Å². The number of anilines is 3. The van der Waals surface area contributed by atoms with E-state index >= 15 is 0 Å². The second-order valence-corrected chi connectivity index (χ2v) is 5.08. The van der Waals surface area contributed by atoms with Gasteiger partial charge in [-0.1, -0.05) is 39.1 Å². The van der Waals surface area contributed by atoms with Crippen LogP contribution in [0, 0.1) is 0 Å². The second-order valence-electron chi connectivity index (χ2n) is 3.35. The van der Waals surface area contributed by atoms with Gasteiger partial charge in [0.1, 0.15) is 5.82 Å². The van der Waals surface area contributed by atoms with E-state index < -0.39 is 0 Å². The maximum atomic E-state index is 6.07. The number of nitrogen functional groups attached to an aromatic ring is 1. The summed E-state index contributed by atoms with van der Waals surface area (Å²) >= 11 is 15.4. The molecule has 3 N–H and O–H groups in total. The Morgan fingerprint density at radius 2 is 1.94 bits per heavy atom. The normalized spacial score (nSPS) is 10.3. The predicted molar refractivity (Wildman–Crippen MR) is 76.1 cm³/mol. The van der Waals surface area contributed by atoms with Crippen LogP contribution in [0.5, 0.6) is 0 Å². The molecule has 0 saturated heterocycles. The Hall–Kier alpha value is -0.970. The Bertz CT molecular complexity index is 511. The number of rotatable bonds is 2. The average Bonchev–Trinajstić information content (AvgIpc) is 2.25. The first-order valence-corrected chi connectivity index (χ1v) is 6.24. The van der Waals surface area contributed by atoms with Gasteiger partial charge in [0, 0.05) is 4.47 Å². The maximum Gasteiger partial charge on any atom is 0.149 e. The van der Waals surface area contributed by atoms with Crippen molar-refractivity contribution in [3.63, 3.8) is 0 Å². The van der Waals surface area contributed by atoms with E-state index in [1.807, 2.05) is 12.1 Å². The van der Waals surface area contributed by atoms with E-state index in [2.05, 4.69) is 26.2 Å². The van der Waals surface area contributed by atoms with Crippen molar-refractivity contribution in [3.8, 4) is 0 Å². The minimum absolute atomic E-state index is 0.448. The SMILES string of the molecule is Nc1cnc(Nc2ccc(Br)cc2Cl)c(Cl)c1. The number of aromatic nitrogens is 1. The number of nitrogens with zero attached hydrogens (tertiary/aromatic N) is 1. The zero-order valence-electron chi connectivity index (χ0n) is 8.55. The third-order valence-electron chi connectivity index (χ3n) is 2.05. The van der Waals surface area contributed by atoms with Crippen molar-refractivity contribution in [3.05, 3.63) is 45.0 Å². The summed E-state index contributed by atoms with van der Waals surface area (Å²) in [6.45, 7) is 0. The zero-order chi connectivity index (χ0) is 12.4. The summed E-state index contributed by atoms with van der Waals surface area (Å²) in [7, 11) is 0. The van der Waals surface area contributed by atoms with Crippen LogP contribution < -0.4 is 11.1 Å². The largest absolute Gasteiger partial charge is 0.397 e. The molecular weight excluding hydrogens is 325 g/mol. The molecule has 2 rings (SSSR count). The third-order valence-corrected chi connectivity index (χ3v) is 3.14. The van der Waals surface area contributed by atoms with E-state index in [9.17, 15) is 0 Å². The van der Waals surface area contributed by atoms with Crippen molar-refractivity contribution in [2.45, 2.75) is 0 Å². The summed E-state index contributed by atoms with van der Waals surface area (Å²) in [5, 5.41) is 4.07. The monoisotopic (exact) mass is 331 g/mol. The Morgan fingerprint density at radius 1 is 1.18 bits per heavy atom. The van der Waals surface area contributed by atoms with Gasteiger partial charge in [-0.05, 0) is 24.3 Å². The van der Waals surface area contributed by atoms with Crippen molar-refractivity contribution in [1.29, 1.82) is 0 Å². The number of halogens is 3. The van der Waals surface area contributed by atoms with Crippen molar-refractivity contribution in [2.24, 2.45) is 0 Å². The van der Waals surface area contributed by atoms with E-state index in [1.165, 1.54) is 6.20 Å². The first kappa shape index (κ1) is 12.5. The Balaban J connectivity index is 2.31. The molecule has 1 heterocycles. The van der Waals surface area contributed by atoms with Gasteiger partial charge < -0.3 is 11.1 Å². The minimum atomic E-state index is 0.448. The van der Waals surface area contributed by atoms with Crippen molar-refractivity contribution in [2.75, 3.05) is 11.1 Å². The van der Waals surface area contributed by atoms with Crippen LogP contribution in [0.2, 0.25) is 10.0 Å². The van der Waals surface area contributed by atoms with Crippen molar-refractivity contribution < 1.29 is 0 Å². The van der Waals surface area contributed by atoms with Crippen LogP contribution in [-0.2, 0) is 0 Å². The lowest BCUT2D eigenvalue weighted by molar-refractivity contribution is 1.31. The first-order chi connectivity index (χ1) is 8.06. The molecular formula is C11H8BrCl2N3. The summed E-state index contributed by atoms with van der Waals surface area (Å²) in [5.41, 5.74) is 6.81. The van der Waals surface area contributed by atoms with Gasteiger partial charge in [0.05, 0.1) is 27.6 Å². The predicted octanol–water partition coefficient (Wildman–Crippen LogP) is 4.48. The number of hydrogen-bond donors (Lipinski definition) is 2. The first-order valence-electron chi connectivity index (χ1n) is 4.69. The van der Waals surface area contributed by atoms with E-state index in [1.54, 1.807) is 12.1 Å². The second kappa shape index (κ2) is 5.12. The summed E-state index contributed by atoms with van der Waals surface area (Å²) in [6.07, 6.45) is 1.53. The molecule has 0 fully saturated rings. The van der Waals surface area contributed by atoms with Crippen LogP contribution in [0.1, 0.15) is 0 Å². The fourth-order valence-electron chi connectivity index (χ4n) is 1.26. The van der Waals surface area contributed by atoms with E-state index in [-0.39, 0.29) is 0 Å². The molecule has 0 aliphatic carbocycles. The van der Waals surface area contributed by atoms with Gasteiger partial charge in [-0.2, -0.15) is 0 Å². The molecule has 17 heavy (non-hydrogen) atoms. The molecule has 3 nitrogen and oxygen atoms in total. The van der Waals surface area contributed by atoms with Crippen LogP contribution in [0.15, 0.2) is 34.9 Å². The molecule has 0 atom stereocenters. The lowest BCUT2D eigenvalue weighted by Gasteiger charge is -2.09. The van der Waals surface area contributed by atoms with Gasteiger partial charge in [0.25, 0.3) is 0 Å². The summed E-state index contributed by atoms with van der Waals surface area (Å²) < 4.78 is 0.907. The van der Waals surface area contributed by atoms with Crippen LogP contribution >= 0.6 is 39.1 Å². The molecule has 1 aromatic heterocycles. The van der Waals surface area contributed by atoms with Gasteiger partial charge in [-0.15, -0.1) is 0 Å². The lowest BCUT2D eigenvalue weighted by Crippen LogP contribution is -1.96. The summed E-state index contributed by atoms with van der Waals surface area (Å²) in [4.78, 5) is 4.10. The maximum absolute atomic E-state index is 6.07. The third kappa shape index (κ3) is 3.03. The summed E-state index contributed by atoms with van der Waals surface area (Å²) in [5.74, 6) is 0.519. The molecule has 88 valence electrons. The number of nitrogens with one attached hydrogen (secondary N) is 1. The van der Waals surface area contributed by atoms with E-state index in [4.69, 9.17) is 28.9 Å². The Labute approximate surface area is 117 Å². The summed E-state index contributed by atoms with van der Waals surface area (Å²) in [6, 6.07) is 7.12. The molecule has 0 radical (unpaired) electrons. The minimum Gasteiger partial charge on any atom is -0.397 e. The van der Waals surface area contributed by atoms with Crippen molar-refractivity contribution >= 4 is 56.3 Å². The van der Waals surface area contributed by atoms with Gasteiger partial charge in [-0.3, -0.25) is 0 Å². The van der Waals surface area contributed by atoms with Crippen molar-refractivity contribution in [1.82, 2.24) is 4.98 Å². The molecule has 0 aliphatic rings. The molecule has 0 spiro atoms. The standard InChI is InChI=1S/C11H8BrCl2N3/c12-6-1-2-10(8(13)3-6)17-11-9(14)4-7(15)5-16-11/h1-5H,15H2,(H,16,17). The molecule has 0 unspecified atom stereocenters. The highest BCUT2D eigenvalue weighted by Gasteiger charge is 2.06. The topological polar surface area (TPSA) is 50.9 Å². The van der Waals surface area contributed by atoms with E-state index in [0.29, 0.717) is 21.6 Å². The average molecular weight is 333 g/mol. The highest BCUT2D eigenvalue weighted by Crippen LogP contribution is 2.30. The van der Waals surface area contributed by atoms with Crippen LogP contribution in [0.4, 0.5) is 17.2 Å². The number of nitrogens with two attached hydrogens (primary N) is 1. The molecule has 0 saturated carbocycles. The van der Waals surface area contributed by atoms with E-state index in [0.717, 1.165) is 10.2 Å². The van der Waals surface area contributed by atoms with Crippen LogP contribution in [0.25, 0.3) is 0 Å². The quantitative estimate of drug-likeness (QED) is 0.852. The smallest absolute Gasteiger partial charge is 0.149 e. The molecule has 2 aromatic rings. The number of hydrogen-bond acceptors (Lipinski definition) is 3. The molecule has 0 aliphatic heterocycles. The molecule has 1 aromatic carbocycles. The van der Waals surface area contributed by atoms with Crippen LogP contribution in [0.3, 0.4) is 0 Å². The lowest BCUT2D eigenvalue weighted by atomic mass is 10.3. The Morgan fingerprint density at radius 3 is 2.59 bits per heavy atom. The molecule has 0 amide bonds. The van der Waals surface area contributed by atoms with Gasteiger partial charge in [-0.25, -0.2) is 4.98 Å². The Kier molecular flexibility index (Phi) is 3.76. The highest BCUT2D eigenvalue weighted by molar-refractivity contribution is 9.10. The zero-order valence-corrected chi connectivity index (χ0v) is 11.6. The fraction of sp³-hybridized carbons (Fsp3) is 0. The van der Waals surface area contributed by atoms with Gasteiger partial charge in [0.2, 0.25) is 0 Å². The molecule has 0 bridgehead atoms. The highest BCUT2D eigenvalue weighted by atomic mass is 79.9. The number of pyridine rings is 1. The van der Waals surface area contributed by atoms with Gasteiger partial charge >= 0.3 is 0 Å². The van der Waals surface area contributed by atoms with Gasteiger partial charge in [0.15, 0.2) is 0 Å². The number of benzene rings is 1. The molecule has 6 heteroatoms. The fourth-order valence-corrected chi connectivity index (χ4v) is 2.21.